The molecule has 0 aliphatic heterocycles. The van der Waals surface area contributed by atoms with Gasteiger partial charge in [0.05, 0.1) is 6.61 Å². The number of thiazole rings is 1. The quantitative estimate of drug-likeness (QED) is 0.717. The number of rotatable bonds is 6. The van der Waals surface area contributed by atoms with E-state index in [-0.39, 0.29) is 11.6 Å². The Morgan fingerprint density at radius 2 is 2.04 bits per heavy atom. The van der Waals surface area contributed by atoms with Crippen molar-refractivity contribution in [1.82, 2.24) is 10.3 Å². The Balaban J connectivity index is 1.70. The van der Waals surface area contributed by atoms with Gasteiger partial charge in [-0.25, -0.2) is 9.37 Å². The maximum Gasteiger partial charge on any atom is 0.271 e. The molecule has 0 atom stereocenters. The van der Waals surface area contributed by atoms with Gasteiger partial charge in [0, 0.05) is 23.6 Å². The van der Waals surface area contributed by atoms with Gasteiger partial charge in [0.1, 0.15) is 22.3 Å². The van der Waals surface area contributed by atoms with Crippen molar-refractivity contribution in [3.8, 4) is 16.3 Å². The predicted octanol–water partition coefficient (Wildman–Crippen LogP) is 4.28. The zero-order valence-corrected chi connectivity index (χ0v) is 14.5. The van der Waals surface area contributed by atoms with Crippen LogP contribution in [-0.2, 0) is 6.54 Å². The monoisotopic (exact) mass is 356 g/mol. The second-order valence-electron chi connectivity index (χ2n) is 5.28. The molecule has 0 saturated heterocycles. The highest BCUT2D eigenvalue weighted by Gasteiger charge is 2.14. The number of hydrogen-bond acceptors (Lipinski definition) is 4. The molecule has 0 bridgehead atoms. The number of aromatic nitrogens is 1. The van der Waals surface area contributed by atoms with E-state index in [4.69, 9.17) is 4.74 Å². The first-order chi connectivity index (χ1) is 12.2. The summed E-state index contributed by atoms with van der Waals surface area (Å²) in [7, 11) is 0. The summed E-state index contributed by atoms with van der Waals surface area (Å²) < 4.78 is 19.5. The maximum absolute atomic E-state index is 14.2. The molecule has 0 aliphatic carbocycles. The lowest BCUT2D eigenvalue weighted by Crippen LogP contribution is -2.23. The highest BCUT2D eigenvalue weighted by atomic mass is 32.1. The molecule has 0 radical (unpaired) electrons. The fourth-order valence-electron chi connectivity index (χ4n) is 2.30. The summed E-state index contributed by atoms with van der Waals surface area (Å²) in [6, 6.07) is 14.3. The van der Waals surface area contributed by atoms with Crippen LogP contribution in [0.1, 0.15) is 23.0 Å². The van der Waals surface area contributed by atoms with Crippen molar-refractivity contribution in [2.24, 2.45) is 0 Å². The second-order valence-corrected chi connectivity index (χ2v) is 6.14. The van der Waals surface area contributed by atoms with Crippen molar-refractivity contribution in [2.75, 3.05) is 6.61 Å². The third-order valence-corrected chi connectivity index (χ3v) is 4.39. The minimum atomic E-state index is -0.420. The Bertz CT molecular complexity index is 865. The first-order valence-corrected chi connectivity index (χ1v) is 8.75. The Labute approximate surface area is 149 Å². The third kappa shape index (κ3) is 4.22. The average Bonchev–Trinajstić information content (AvgIpc) is 3.11. The summed E-state index contributed by atoms with van der Waals surface area (Å²) in [4.78, 5) is 16.5. The number of amides is 1. The van der Waals surface area contributed by atoms with Gasteiger partial charge in [-0.3, -0.25) is 4.79 Å². The van der Waals surface area contributed by atoms with E-state index in [0.717, 1.165) is 5.56 Å². The van der Waals surface area contributed by atoms with Crippen molar-refractivity contribution in [3.63, 3.8) is 0 Å². The second kappa shape index (κ2) is 7.90. The van der Waals surface area contributed by atoms with Crippen molar-refractivity contribution >= 4 is 17.2 Å². The van der Waals surface area contributed by atoms with E-state index < -0.39 is 5.82 Å². The van der Waals surface area contributed by atoms with E-state index in [1.807, 2.05) is 37.3 Å². The van der Waals surface area contributed by atoms with Crippen LogP contribution in [0.3, 0.4) is 0 Å². The number of halogens is 1. The van der Waals surface area contributed by atoms with Gasteiger partial charge in [0.25, 0.3) is 5.91 Å². The number of hydrogen-bond donors (Lipinski definition) is 1. The molecule has 0 fully saturated rings. The molecule has 128 valence electrons. The number of ether oxygens (including phenoxy) is 1. The molecule has 6 heteroatoms. The summed E-state index contributed by atoms with van der Waals surface area (Å²) in [6.07, 6.45) is 0. The highest BCUT2D eigenvalue weighted by molar-refractivity contribution is 7.13. The Hall–Kier alpha value is -2.73. The molecular weight excluding hydrogens is 339 g/mol. The number of benzene rings is 2. The Morgan fingerprint density at radius 1 is 1.24 bits per heavy atom. The topological polar surface area (TPSA) is 51.2 Å². The zero-order valence-electron chi connectivity index (χ0n) is 13.7. The van der Waals surface area contributed by atoms with Gasteiger partial charge in [-0.1, -0.05) is 30.3 Å². The molecule has 4 nitrogen and oxygen atoms in total. The number of carbonyl (C=O) groups excluding carboxylic acids is 1. The number of nitrogens with one attached hydrogen (secondary N) is 1. The molecule has 3 aromatic rings. The summed E-state index contributed by atoms with van der Waals surface area (Å²) in [5.41, 5.74) is 1.64. The van der Waals surface area contributed by atoms with E-state index in [9.17, 15) is 9.18 Å². The standard InChI is InChI=1S/C19H17FN2O2S/c1-2-24-14-8-9-15(16(20)10-14)19-22-17(12-25-19)18(23)21-11-13-6-4-3-5-7-13/h3-10,12H,2,11H2,1H3,(H,21,23). The molecule has 2 aromatic carbocycles. The van der Waals surface area contributed by atoms with Crippen LogP contribution < -0.4 is 10.1 Å². The van der Waals surface area contributed by atoms with Crippen LogP contribution in [-0.4, -0.2) is 17.5 Å². The minimum Gasteiger partial charge on any atom is -0.494 e. The summed E-state index contributed by atoms with van der Waals surface area (Å²) >= 11 is 1.23. The van der Waals surface area contributed by atoms with Gasteiger partial charge in [-0.2, -0.15) is 0 Å². The molecule has 0 spiro atoms. The van der Waals surface area contributed by atoms with Crippen LogP contribution in [0.5, 0.6) is 5.75 Å². The van der Waals surface area contributed by atoms with Crippen molar-refractivity contribution in [1.29, 1.82) is 0 Å². The molecule has 1 N–H and O–H groups in total. The molecule has 1 aromatic heterocycles. The first kappa shape index (κ1) is 17.1. The van der Waals surface area contributed by atoms with Gasteiger partial charge < -0.3 is 10.1 Å². The van der Waals surface area contributed by atoms with Crippen molar-refractivity contribution < 1.29 is 13.9 Å². The van der Waals surface area contributed by atoms with E-state index in [1.165, 1.54) is 17.4 Å². The van der Waals surface area contributed by atoms with Gasteiger partial charge in [0.2, 0.25) is 0 Å². The lowest BCUT2D eigenvalue weighted by molar-refractivity contribution is 0.0946. The molecule has 1 heterocycles. The first-order valence-electron chi connectivity index (χ1n) is 7.87. The summed E-state index contributed by atoms with van der Waals surface area (Å²) in [6.45, 7) is 2.73. The Kier molecular flexibility index (Phi) is 5.40. The average molecular weight is 356 g/mol. The summed E-state index contributed by atoms with van der Waals surface area (Å²) in [5, 5.41) is 4.91. The van der Waals surface area contributed by atoms with Crippen molar-refractivity contribution in [2.45, 2.75) is 13.5 Å². The lowest BCUT2D eigenvalue weighted by Gasteiger charge is -2.05. The molecule has 1 amide bonds. The lowest BCUT2D eigenvalue weighted by atomic mass is 10.2. The van der Waals surface area contributed by atoms with E-state index in [1.54, 1.807) is 17.5 Å². The predicted molar refractivity (Wildman–Crippen MR) is 96.3 cm³/mol. The van der Waals surface area contributed by atoms with Crippen LogP contribution in [0, 0.1) is 5.82 Å². The fraction of sp³-hybridized carbons (Fsp3) is 0.158. The fourth-order valence-corrected chi connectivity index (χ4v) is 3.12. The van der Waals surface area contributed by atoms with Gasteiger partial charge in [-0.05, 0) is 24.6 Å². The molecule has 25 heavy (non-hydrogen) atoms. The normalized spacial score (nSPS) is 10.5. The van der Waals surface area contributed by atoms with Crippen LogP contribution in [0.25, 0.3) is 10.6 Å². The van der Waals surface area contributed by atoms with Gasteiger partial charge >= 0.3 is 0 Å². The molecule has 0 saturated carbocycles. The SMILES string of the molecule is CCOc1ccc(-c2nc(C(=O)NCc3ccccc3)cs2)c(F)c1. The smallest absolute Gasteiger partial charge is 0.271 e. The van der Waals surface area contributed by atoms with E-state index >= 15 is 0 Å². The highest BCUT2D eigenvalue weighted by Crippen LogP contribution is 2.29. The van der Waals surface area contributed by atoms with Crippen LogP contribution in [0.15, 0.2) is 53.9 Å². The maximum atomic E-state index is 14.2. The van der Waals surface area contributed by atoms with Gasteiger partial charge in [0.15, 0.2) is 0 Å². The molecule has 3 rings (SSSR count). The largest absolute Gasteiger partial charge is 0.494 e. The van der Waals surface area contributed by atoms with Crippen LogP contribution in [0.2, 0.25) is 0 Å². The minimum absolute atomic E-state index is 0.280. The number of nitrogens with zero attached hydrogens (tertiary/aromatic N) is 1. The van der Waals surface area contributed by atoms with Gasteiger partial charge in [-0.15, -0.1) is 11.3 Å². The molecule has 0 aliphatic rings. The van der Waals surface area contributed by atoms with E-state index in [2.05, 4.69) is 10.3 Å². The van der Waals surface area contributed by atoms with Crippen LogP contribution in [0.4, 0.5) is 4.39 Å². The van der Waals surface area contributed by atoms with Crippen LogP contribution >= 0.6 is 11.3 Å². The molecular formula is C19H17FN2O2S. The number of carbonyl (C=O) groups is 1. The van der Waals surface area contributed by atoms with E-state index in [0.29, 0.717) is 29.5 Å². The van der Waals surface area contributed by atoms with Crippen molar-refractivity contribution in [3.05, 3.63) is 71.0 Å². The molecule has 0 unspecified atom stereocenters. The summed E-state index contributed by atoms with van der Waals surface area (Å²) in [5.74, 6) is -0.227. The Morgan fingerprint density at radius 3 is 2.76 bits per heavy atom. The zero-order chi connectivity index (χ0) is 17.6. The third-order valence-electron chi connectivity index (χ3n) is 3.51.